The van der Waals surface area contributed by atoms with E-state index in [-0.39, 0.29) is 23.9 Å². The highest BCUT2D eigenvalue weighted by Gasteiger charge is 2.32. The lowest BCUT2D eigenvalue weighted by Crippen LogP contribution is -2.26. The molecule has 4 rings (SSSR count). The largest absolute Gasteiger partial charge is 0.483 e. The van der Waals surface area contributed by atoms with Crippen molar-refractivity contribution in [1.82, 2.24) is 0 Å². The van der Waals surface area contributed by atoms with E-state index in [2.05, 4.69) is 0 Å². The molecule has 0 saturated carbocycles. The number of hydrogen-bond donors (Lipinski definition) is 0. The van der Waals surface area contributed by atoms with Gasteiger partial charge < -0.3 is 9.15 Å². The third-order valence-corrected chi connectivity index (χ3v) is 3.85. The Bertz CT molecular complexity index is 925. The predicted octanol–water partition coefficient (Wildman–Crippen LogP) is 3.50. The molecule has 2 aromatic carbocycles. The van der Waals surface area contributed by atoms with Gasteiger partial charge in [-0.2, -0.15) is 0 Å². The monoisotopic (exact) mass is 292 g/mol. The number of ketones is 1. The van der Waals surface area contributed by atoms with Crippen LogP contribution in [-0.4, -0.2) is 5.78 Å². The van der Waals surface area contributed by atoms with Crippen molar-refractivity contribution in [2.24, 2.45) is 0 Å². The molecule has 1 aromatic heterocycles. The lowest BCUT2D eigenvalue weighted by molar-refractivity contribution is 0.0846. The summed E-state index contributed by atoms with van der Waals surface area (Å²) in [5.41, 5.74) is 0.725. The molecular formula is C18H12O4. The van der Waals surface area contributed by atoms with E-state index in [9.17, 15) is 9.59 Å². The first-order valence-corrected chi connectivity index (χ1v) is 7.04. The van der Waals surface area contributed by atoms with E-state index in [1.165, 1.54) is 0 Å². The van der Waals surface area contributed by atoms with Crippen LogP contribution in [0.25, 0.3) is 11.0 Å². The molecule has 1 unspecified atom stereocenters. The average molecular weight is 292 g/mol. The highest BCUT2D eigenvalue weighted by Crippen LogP contribution is 2.37. The molecular weight excluding hydrogens is 280 g/mol. The summed E-state index contributed by atoms with van der Waals surface area (Å²) >= 11 is 0. The van der Waals surface area contributed by atoms with E-state index in [1.54, 1.807) is 18.2 Å². The van der Waals surface area contributed by atoms with E-state index < -0.39 is 5.63 Å². The molecule has 3 aromatic rings. The number of Topliss-reactive ketones (excluding diaryl/α,β-unsaturated/α-hetero) is 1. The summed E-state index contributed by atoms with van der Waals surface area (Å²) in [5, 5.41) is 0.645. The first-order chi connectivity index (χ1) is 10.7. The molecule has 4 heteroatoms. The van der Waals surface area contributed by atoms with Gasteiger partial charge in [-0.05, 0) is 17.7 Å². The minimum atomic E-state index is -0.634. The van der Waals surface area contributed by atoms with Gasteiger partial charge in [-0.3, -0.25) is 4.79 Å². The van der Waals surface area contributed by atoms with Crippen molar-refractivity contribution in [3.05, 3.63) is 76.1 Å². The maximum Gasteiger partial charge on any atom is 0.351 e. The zero-order chi connectivity index (χ0) is 15.1. The summed E-state index contributed by atoms with van der Waals surface area (Å²) in [7, 11) is 0. The number of carbonyl (C=O) groups is 1. The quantitative estimate of drug-likeness (QED) is 0.644. The summed E-state index contributed by atoms with van der Waals surface area (Å²) < 4.78 is 11.2. The highest BCUT2D eigenvalue weighted by molar-refractivity contribution is 6.04. The number of benzene rings is 2. The Morgan fingerprint density at radius 2 is 1.64 bits per heavy atom. The first kappa shape index (κ1) is 12.8. The first-order valence-electron chi connectivity index (χ1n) is 7.04. The predicted molar refractivity (Wildman–Crippen MR) is 81.2 cm³/mol. The molecule has 0 aliphatic carbocycles. The van der Waals surface area contributed by atoms with Crippen LogP contribution in [-0.2, 0) is 0 Å². The fraction of sp³-hybridized carbons (Fsp3) is 0.111. The van der Waals surface area contributed by atoms with Gasteiger partial charge in [0.05, 0.1) is 11.8 Å². The molecule has 1 atom stereocenters. The van der Waals surface area contributed by atoms with Gasteiger partial charge in [0.25, 0.3) is 0 Å². The molecule has 0 bridgehead atoms. The molecule has 22 heavy (non-hydrogen) atoms. The van der Waals surface area contributed by atoms with E-state index in [1.807, 2.05) is 36.4 Å². The Labute approximate surface area is 126 Å². The number of para-hydroxylation sites is 1. The van der Waals surface area contributed by atoms with Gasteiger partial charge in [0.1, 0.15) is 23.0 Å². The molecule has 1 aliphatic rings. The molecule has 0 fully saturated rings. The maximum absolute atomic E-state index is 12.4. The van der Waals surface area contributed by atoms with Crippen LogP contribution in [0.15, 0.2) is 63.8 Å². The Morgan fingerprint density at radius 3 is 2.45 bits per heavy atom. The van der Waals surface area contributed by atoms with Crippen LogP contribution < -0.4 is 10.4 Å². The van der Waals surface area contributed by atoms with Crippen LogP contribution in [0.3, 0.4) is 0 Å². The van der Waals surface area contributed by atoms with Gasteiger partial charge in [-0.1, -0.05) is 42.5 Å². The fourth-order valence-electron chi connectivity index (χ4n) is 2.79. The van der Waals surface area contributed by atoms with Gasteiger partial charge in [0.15, 0.2) is 5.78 Å². The molecule has 0 N–H and O–H groups in total. The van der Waals surface area contributed by atoms with E-state index >= 15 is 0 Å². The average Bonchev–Trinajstić information content (AvgIpc) is 2.55. The second-order valence-corrected chi connectivity index (χ2v) is 5.23. The molecule has 0 amide bonds. The molecule has 0 radical (unpaired) electrons. The number of hydrogen-bond acceptors (Lipinski definition) is 4. The number of fused-ring (bicyclic) bond motifs is 3. The lowest BCUT2D eigenvalue weighted by Gasteiger charge is -2.25. The van der Waals surface area contributed by atoms with Gasteiger partial charge in [-0.25, -0.2) is 4.79 Å². The summed E-state index contributed by atoms with van der Waals surface area (Å²) in [6, 6.07) is 16.6. The van der Waals surface area contributed by atoms with Crippen LogP contribution in [0, 0.1) is 0 Å². The normalized spacial score (nSPS) is 17.1. The minimum Gasteiger partial charge on any atom is -0.483 e. The molecule has 4 nitrogen and oxygen atoms in total. The van der Waals surface area contributed by atoms with Crippen LogP contribution in [0.1, 0.15) is 28.4 Å². The van der Waals surface area contributed by atoms with Crippen molar-refractivity contribution in [1.29, 1.82) is 0 Å². The standard InChI is InChI=1S/C18H12O4/c19-13-10-15(11-6-2-1-3-7-11)21-17-12-8-4-5-9-14(12)22-18(20)16(13)17/h1-9,15H,10H2. The number of carbonyl (C=O) groups excluding carboxylic acids is 1. The van der Waals surface area contributed by atoms with Crippen molar-refractivity contribution in [2.45, 2.75) is 12.5 Å². The van der Waals surface area contributed by atoms with E-state index in [0.717, 1.165) is 5.56 Å². The van der Waals surface area contributed by atoms with E-state index in [4.69, 9.17) is 9.15 Å². The maximum atomic E-state index is 12.4. The topological polar surface area (TPSA) is 56.5 Å². The van der Waals surface area contributed by atoms with Crippen molar-refractivity contribution in [3.8, 4) is 5.75 Å². The summed E-state index contributed by atoms with van der Waals surface area (Å²) in [6.45, 7) is 0. The fourth-order valence-corrected chi connectivity index (χ4v) is 2.79. The number of rotatable bonds is 1. The highest BCUT2D eigenvalue weighted by atomic mass is 16.5. The van der Waals surface area contributed by atoms with Gasteiger partial charge in [0.2, 0.25) is 0 Å². The van der Waals surface area contributed by atoms with Crippen LogP contribution in [0.2, 0.25) is 0 Å². The Balaban J connectivity index is 1.93. The zero-order valence-corrected chi connectivity index (χ0v) is 11.6. The molecule has 0 spiro atoms. The minimum absolute atomic E-state index is 0.0193. The second kappa shape index (κ2) is 4.84. The van der Waals surface area contributed by atoms with Crippen molar-refractivity contribution in [3.63, 3.8) is 0 Å². The van der Waals surface area contributed by atoms with Crippen LogP contribution >= 0.6 is 0 Å². The van der Waals surface area contributed by atoms with Gasteiger partial charge >= 0.3 is 5.63 Å². The van der Waals surface area contributed by atoms with Gasteiger partial charge in [-0.15, -0.1) is 0 Å². The van der Waals surface area contributed by atoms with Gasteiger partial charge in [0, 0.05) is 0 Å². The molecule has 1 aliphatic heterocycles. The zero-order valence-electron chi connectivity index (χ0n) is 11.6. The van der Waals surface area contributed by atoms with Crippen molar-refractivity contribution < 1.29 is 13.9 Å². The summed E-state index contributed by atoms with van der Waals surface area (Å²) in [4.78, 5) is 24.5. The number of ether oxygens (including phenoxy) is 1. The molecule has 0 saturated heterocycles. The third kappa shape index (κ3) is 1.92. The van der Waals surface area contributed by atoms with E-state index in [0.29, 0.717) is 16.7 Å². The SMILES string of the molecule is O=C1CC(c2ccccc2)Oc2c1c(=O)oc1ccccc21. The second-order valence-electron chi connectivity index (χ2n) is 5.23. The Kier molecular flexibility index (Phi) is 2.82. The summed E-state index contributed by atoms with van der Waals surface area (Å²) in [6.07, 6.45) is -0.244. The molecule has 2 heterocycles. The third-order valence-electron chi connectivity index (χ3n) is 3.85. The Morgan fingerprint density at radius 1 is 0.909 bits per heavy atom. The Hall–Kier alpha value is -2.88. The summed E-state index contributed by atoms with van der Waals surface area (Å²) in [5.74, 6) is 0.0894. The lowest BCUT2D eigenvalue weighted by atomic mass is 9.96. The van der Waals surface area contributed by atoms with Crippen LogP contribution in [0.4, 0.5) is 0 Å². The molecule has 108 valence electrons. The van der Waals surface area contributed by atoms with Crippen molar-refractivity contribution >= 4 is 16.8 Å². The van der Waals surface area contributed by atoms with Crippen LogP contribution in [0.5, 0.6) is 5.75 Å². The van der Waals surface area contributed by atoms with Crippen molar-refractivity contribution in [2.75, 3.05) is 0 Å². The smallest absolute Gasteiger partial charge is 0.351 e.